The van der Waals surface area contributed by atoms with Crippen molar-refractivity contribution in [3.63, 3.8) is 0 Å². The number of nitrogens with one attached hydrogen (secondary N) is 1. The third-order valence-electron chi connectivity index (χ3n) is 5.97. The number of carbonyl (C=O) groups excluding carboxylic acids is 1. The van der Waals surface area contributed by atoms with Crippen LogP contribution in [0, 0.1) is 0 Å². The van der Waals surface area contributed by atoms with Gasteiger partial charge in [-0.15, -0.1) is 4.36 Å². The number of fused-ring (bicyclic) bond motifs is 2. The number of methoxy groups -OCH3 is 1. The summed E-state index contributed by atoms with van der Waals surface area (Å²) in [6, 6.07) is 6.86. The predicted molar refractivity (Wildman–Crippen MR) is 123 cm³/mol. The Morgan fingerprint density at radius 2 is 1.77 bits per heavy atom. The fraction of sp³-hybridized carbons (Fsp3) is 0.435. The molecule has 0 spiro atoms. The van der Waals surface area contributed by atoms with Crippen LogP contribution in [-0.4, -0.2) is 36.3 Å². The summed E-state index contributed by atoms with van der Waals surface area (Å²) in [5.74, 6) is 0.366. The van der Waals surface area contributed by atoms with Crippen LogP contribution < -0.4 is 15.2 Å². The summed E-state index contributed by atoms with van der Waals surface area (Å²) in [5, 5.41) is 8.99. The van der Waals surface area contributed by atoms with Gasteiger partial charge in [0.15, 0.2) is 0 Å². The SMILES string of the molecule is COc1cc(CN(C)C)ccc1[S@](N)(=O)=NC(=O)Nc1c2c(cc3c1CCC3)CCC2. The summed E-state index contributed by atoms with van der Waals surface area (Å²) in [7, 11) is 1.94. The molecule has 0 saturated heterocycles. The van der Waals surface area contributed by atoms with Gasteiger partial charge in [-0.05, 0) is 92.6 Å². The van der Waals surface area contributed by atoms with E-state index in [2.05, 4.69) is 15.7 Å². The van der Waals surface area contributed by atoms with Gasteiger partial charge in [-0.2, -0.15) is 0 Å². The van der Waals surface area contributed by atoms with Crippen LogP contribution in [0.15, 0.2) is 33.5 Å². The van der Waals surface area contributed by atoms with Crippen molar-refractivity contribution in [2.75, 3.05) is 26.5 Å². The standard InChI is InChI=1S/C23H30N4O3S/c1-27(2)14-15-10-11-21(20(12-15)30-3)31(24,29)26-23(28)25-22-18-8-4-6-16(18)13-17-7-5-9-19(17)22/h10-13H,4-9,14H2,1-3H3,(H3,24,25,26,28,29)/t31-/m1/s1. The summed E-state index contributed by atoms with van der Waals surface area (Å²) >= 11 is 0. The first-order valence-electron chi connectivity index (χ1n) is 10.6. The summed E-state index contributed by atoms with van der Waals surface area (Å²) < 4.78 is 22.5. The van der Waals surface area contributed by atoms with Crippen LogP contribution >= 0.6 is 0 Å². The van der Waals surface area contributed by atoms with Crippen LogP contribution in [0.5, 0.6) is 5.75 Å². The quantitative estimate of drug-likeness (QED) is 0.738. The lowest BCUT2D eigenvalue weighted by Gasteiger charge is -2.16. The normalized spacial score (nSPS) is 16.5. The molecule has 0 unspecified atom stereocenters. The lowest BCUT2D eigenvalue weighted by Crippen LogP contribution is -2.20. The molecule has 31 heavy (non-hydrogen) atoms. The smallest absolute Gasteiger partial charge is 0.354 e. The zero-order chi connectivity index (χ0) is 22.2. The fourth-order valence-corrected chi connectivity index (χ4v) is 5.77. The van der Waals surface area contributed by atoms with Gasteiger partial charge >= 0.3 is 6.03 Å². The van der Waals surface area contributed by atoms with Crippen LogP contribution in [-0.2, 0) is 42.1 Å². The lowest BCUT2D eigenvalue weighted by molar-refractivity contribution is 0.260. The van der Waals surface area contributed by atoms with Crippen molar-refractivity contribution in [1.29, 1.82) is 0 Å². The first-order valence-corrected chi connectivity index (χ1v) is 12.2. The highest BCUT2D eigenvalue weighted by Crippen LogP contribution is 2.38. The molecule has 0 heterocycles. The van der Waals surface area contributed by atoms with E-state index in [0.717, 1.165) is 49.8 Å². The summed E-state index contributed by atoms with van der Waals surface area (Å²) in [6.07, 6.45) is 6.12. The molecule has 2 aliphatic carbocycles. The number of nitrogens with two attached hydrogens (primary N) is 1. The van der Waals surface area contributed by atoms with Crippen LogP contribution in [0.4, 0.5) is 10.5 Å². The van der Waals surface area contributed by atoms with Gasteiger partial charge in [0.2, 0.25) is 0 Å². The second kappa shape index (κ2) is 8.61. The third-order valence-corrected chi connectivity index (χ3v) is 7.37. The van der Waals surface area contributed by atoms with Crippen molar-refractivity contribution in [2.45, 2.75) is 50.0 Å². The molecule has 2 aromatic carbocycles. The molecule has 8 heteroatoms. The van der Waals surface area contributed by atoms with Crippen molar-refractivity contribution >= 4 is 21.6 Å². The van der Waals surface area contributed by atoms with Crippen molar-refractivity contribution < 1.29 is 13.7 Å². The number of carbonyl (C=O) groups is 1. The first kappa shape index (κ1) is 21.8. The molecule has 166 valence electrons. The Labute approximate surface area is 184 Å². The van der Waals surface area contributed by atoms with Gasteiger partial charge in [0, 0.05) is 12.2 Å². The monoisotopic (exact) mass is 442 g/mol. The molecule has 0 aliphatic heterocycles. The number of ether oxygens (including phenoxy) is 1. The number of hydrogen-bond acceptors (Lipinski definition) is 4. The molecular formula is C23H30N4O3S. The molecule has 7 nitrogen and oxygen atoms in total. The van der Waals surface area contributed by atoms with Gasteiger partial charge in [-0.1, -0.05) is 12.1 Å². The number of anilines is 1. The molecule has 0 aromatic heterocycles. The number of hydrogen-bond donors (Lipinski definition) is 2. The molecular weight excluding hydrogens is 412 g/mol. The van der Waals surface area contributed by atoms with Gasteiger partial charge in [0.25, 0.3) is 0 Å². The number of amides is 2. The van der Waals surface area contributed by atoms with E-state index in [4.69, 9.17) is 9.88 Å². The maximum atomic E-state index is 13.2. The minimum atomic E-state index is -3.47. The van der Waals surface area contributed by atoms with E-state index in [0.29, 0.717) is 12.3 Å². The summed E-state index contributed by atoms with van der Waals surface area (Å²) in [5.41, 5.74) is 6.85. The van der Waals surface area contributed by atoms with E-state index in [1.54, 1.807) is 12.1 Å². The van der Waals surface area contributed by atoms with E-state index in [1.807, 2.05) is 25.1 Å². The number of aryl methyl sites for hydroxylation is 2. The minimum absolute atomic E-state index is 0.219. The van der Waals surface area contributed by atoms with E-state index >= 15 is 0 Å². The van der Waals surface area contributed by atoms with Crippen molar-refractivity contribution in [1.82, 2.24) is 4.90 Å². The van der Waals surface area contributed by atoms with Gasteiger partial charge in [-0.3, -0.25) is 0 Å². The molecule has 0 fully saturated rings. The van der Waals surface area contributed by atoms with Crippen molar-refractivity contribution in [3.8, 4) is 5.75 Å². The molecule has 3 N–H and O–H groups in total. The van der Waals surface area contributed by atoms with Crippen molar-refractivity contribution in [2.24, 2.45) is 9.50 Å². The second-order valence-electron chi connectivity index (χ2n) is 8.55. The summed E-state index contributed by atoms with van der Waals surface area (Å²) in [6.45, 7) is 0.699. The first-order chi connectivity index (χ1) is 14.8. The summed E-state index contributed by atoms with van der Waals surface area (Å²) in [4.78, 5) is 15.1. The minimum Gasteiger partial charge on any atom is -0.495 e. The average molecular weight is 443 g/mol. The third kappa shape index (κ3) is 4.46. The van der Waals surface area contributed by atoms with Crippen LogP contribution in [0.1, 0.15) is 40.7 Å². The van der Waals surface area contributed by atoms with E-state index in [-0.39, 0.29) is 4.90 Å². The largest absolute Gasteiger partial charge is 0.495 e. The second-order valence-corrected chi connectivity index (χ2v) is 10.3. The maximum absolute atomic E-state index is 13.2. The Morgan fingerprint density at radius 1 is 1.13 bits per heavy atom. The topological polar surface area (TPSA) is 97.0 Å². The highest BCUT2D eigenvalue weighted by atomic mass is 32.2. The zero-order valence-electron chi connectivity index (χ0n) is 18.4. The number of nitrogens with zero attached hydrogens (tertiary/aromatic N) is 2. The molecule has 2 aromatic rings. The van der Waals surface area contributed by atoms with Gasteiger partial charge in [0.05, 0.1) is 7.11 Å². The van der Waals surface area contributed by atoms with E-state index in [9.17, 15) is 9.00 Å². The van der Waals surface area contributed by atoms with Gasteiger partial charge in [-0.25, -0.2) is 14.1 Å². The average Bonchev–Trinajstić information content (AvgIpc) is 3.35. The molecule has 2 aliphatic rings. The van der Waals surface area contributed by atoms with Gasteiger partial charge in [0.1, 0.15) is 20.6 Å². The number of rotatable bonds is 5. The van der Waals surface area contributed by atoms with Crippen molar-refractivity contribution in [3.05, 3.63) is 52.1 Å². The van der Waals surface area contributed by atoms with Crippen LogP contribution in [0.25, 0.3) is 0 Å². The van der Waals surface area contributed by atoms with E-state index in [1.165, 1.54) is 29.4 Å². The predicted octanol–water partition coefficient (Wildman–Crippen LogP) is 3.67. The zero-order valence-corrected chi connectivity index (χ0v) is 19.2. The molecule has 0 radical (unpaired) electrons. The van der Waals surface area contributed by atoms with E-state index < -0.39 is 15.9 Å². The molecule has 2 amide bonds. The molecule has 1 atom stereocenters. The molecule has 0 saturated carbocycles. The Morgan fingerprint density at radius 3 is 2.35 bits per heavy atom. The molecule has 4 rings (SSSR count). The Kier molecular flexibility index (Phi) is 6.05. The lowest BCUT2D eigenvalue weighted by atomic mass is 9.99. The number of benzene rings is 2. The van der Waals surface area contributed by atoms with Crippen LogP contribution in [0.3, 0.4) is 0 Å². The Hall–Kier alpha value is -2.42. The maximum Gasteiger partial charge on any atom is 0.354 e. The molecule has 0 bridgehead atoms. The Balaban J connectivity index is 1.65. The fourth-order valence-electron chi connectivity index (χ4n) is 4.69. The highest BCUT2D eigenvalue weighted by Gasteiger charge is 2.25. The van der Waals surface area contributed by atoms with Gasteiger partial charge < -0.3 is 15.0 Å². The highest BCUT2D eigenvalue weighted by molar-refractivity contribution is 7.91. The number of urea groups is 1. The van der Waals surface area contributed by atoms with Crippen LogP contribution in [0.2, 0.25) is 0 Å². The Bertz CT molecular complexity index is 1120.